The fourth-order valence-electron chi connectivity index (χ4n) is 3.43. The van der Waals surface area contributed by atoms with E-state index in [4.69, 9.17) is 4.74 Å². The highest BCUT2D eigenvalue weighted by molar-refractivity contribution is 5.85. The van der Waals surface area contributed by atoms with Gasteiger partial charge in [-0.2, -0.15) is 13.2 Å². The lowest BCUT2D eigenvalue weighted by atomic mass is 9.94. The standard InChI is InChI=1S/C16H22F3N3O2.ClH/c17-16(18,19)10-24-15-5-4-11(8-21-15)22-13-3-1-2-12(13)14-9-23-7-6-20-14;/h4-5,8,12-14,20,22H,1-3,6-7,9-10H2;1H. The Morgan fingerprint density at radius 1 is 1.32 bits per heavy atom. The normalized spacial score (nSPS) is 26.8. The molecule has 2 heterocycles. The molecule has 2 aliphatic rings. The van der Waals surface area contributed by atoms with Gasteiger partial charge in [0.2, 0.25) is 5.88 Å². The van der Waals surface area contributed by atoms with E-state index < -0.39 is 12.8 Å². The first kappa shape index (κ1) is 20.1. The van der Waals surface area contributed by atoms with E-state index in [-0.39, 0.29) is 18.3 Å². The van der Waals surface area contributed by atoms with E-state index in [0.29, 0.717) is 18.0 Å². The molecule has 9 heteroatoms. The summed E-state index contributed by atoms with van der Waals surface area (Å²) < 4.78 is 46.6. The lowest BCUT2D eigenvalue weighted by Gasteiger charge is -2.33. The summed E-state index contributed by atoms with van der Waals surface area (Å²) in [6.07, 6.45) is 0.519. The second-order valence-corrected chi connectivity index (χ2v) is 6.27. The number of halogens is 4. The molecule has 2 fully saturated rings. The van der Waals surface area contributed by atoms with Crippen molar-refractivity contribution in [3.05, 3.63) is 18.3 Å². The van der Waals surface area contributed by atoms with Gasteiger partial charge in [-0.05, 0) is 24.8 Å². The highest BCUT2D eigenvalue weighted by Gasteiger charge is 2.34. The Labute approximate surface area is 151 Å². The monoisotopic (exact) mass is 381 g/mol. The van der Waals surface area contributed by atoms with Crippen LogP contribution in [0.3, 0.4) is 0 Å². The van der Waals surface area contributed by atoms with Gasteiger partial charge in [-0.1, -0.05) is 6.42 Å². The minimum atomic E-state index is -4.36. The Morgan fingerprint density at radius 3 is 2.80 bits per heavy atom. The van der Waals surface area contributed by atoms with Crippen LogP contribution >= 0.6 is 12.4 Å². The van der Waals surface area contributed by atoms with Crippen LogP contribution in [-0.2, 0) is 4.74 Å². The number of pyridine rings is 1. The SMILES string of the molecule is Cl.FC(F)(F)COc1ccc(NC2CCCC2C2COCCN2)cn1. The van der Waals surface area contributed by atoms with Crippen LogP contribution in [0.25, 0.3) is 0 Å². The van der Waals surface area contributed by atoms with Crippen LogP contribution in [0.1, 0.15) is 19.3 Å². The number of alkyl halides is 3. The lowest BCUT2D eigenvalue weighted by molar-refractivity contribution is -0.154. The van der Waals surface area contributed by atoms with Crippen molar-refractivity contribution in [1.29, 1.82) is 0 Å². The number of hydrogen-bond donors (Lipinski definition) is 2. The molecule has 0 bridgehead atoms. The number of nitrogens with one attached hydrogen (secondary N) is 2. The van der Waals surface area contributed by atoms with Gasteiger partial charge in [0.25, 0.3) is 0 Å². The summed E-state index contributed by atoms with van der Waals surface area (Å²) in [5.41, 5.74) is 0.794. The molecular weight excluding hydrogens is 359 g/mol. The van der Waals surface area contributed by atoms with Crippen LogP contribution in [0, 0.1) is 5.92 Å². The van der Waals surface area contributed by atoms with Crippen LogP contribution in [-0.4, -0.2) is 49.6 Å². The summed E-state index contributed by atoms with van der Waals surface area (Å²) in [5.74, 6) is 0.453. The molecule has 2 N–H and O–H groups in total. The average Bonchev–Trinajstić information content (AvgIpc) is 3.02. The molecule has 0 amide bonds. The number of ether oxygens (including phenoxy) is 2. The maximum atomic E-state index is 12.1. The number of aromatic nitrogens is 1. The van der Waals surface area contributed by atoms with Crippen LogP contribution < -0.4 is 15.4 Å². The molecule has 3 atom stereocenters. The highest BCUT2D eigenvalue weighted by atomic mass is 35.5. The van der Waals surface area contributed by atoms with Crippen LogP contribution in [0.5, 0.6) is 5.88 Å². The predicted octanol–water partition coefficient (Wildman–Crippen LogP) is 3.01. The minimum absolute atomic E-state index is 0. The molecule has 1 saturated carbocycles. The van der Waals surface area contributed by atoms with Crippen molar-refractivity contribution in [2.45, 2.75) is 37.5 Å². The Kier molecular flexibility index (Phi) is 7.15. The third kappa shape index (κ3) is 5.90. The highest BCUT2D eigenvalue weighted by Crippen LogP contribution is 2.32. The van der Waals surface area contributed by atoms with Gasteiger partial charge in [-0.3, -0.25) is 0 Å². The maximum absolute atomic E-state index is 12.1. The van der Waals surface area contributed by atoms with Crippen molar-refractivity contribution in [2.75, 3.05) is 31.7 Å². The van der Waals surface area contributed by atoms with Crippen molar-refractivity contribution in [3.63, 3.8) is 0 Å². The summed E-state index contributed by atoms with van der Waals surface area (Å²) in [6, 6.07) is 3.83. The summed E-state index contributed by atoms with van der Waals surface area (Å²) in [7, 11) is 0. The summed E-state index contributed by atoms with van der Waals surface area (Å²) in [6.45, 7) is 1.03. The van der Waals surface area contributed by atoms with Gasteiger partial charge in [-0.25, -0.2) is 4.98 Å². The molecule has 1 aliphatic heterocycles. The summed E-state index contributed by atoms with van der Waals surface area (Å²) >= 11 is 0. The molecule has 3 rings (SSSR count). The van der Waals surface area contributed by atoms with Crippen LogP contribution in [0.2, 0.25) is 0 Å². The molecule has 0 aromatic carbocycles. The third-order valence-corrected chi connectivity index (χ3v) is 4.51. The average molecular weight is 382 g/mol. The topological polar surface area (TPSA) is 55.4 Å². The van der Waals surface area contributed by atoms with Gasteiger partial charge in [0, 0.05) is 24.7 Å². The zero-order chi connectivity index (χ0) is 17.0. The predicted molar refractivity (Wildman–Crippen MR) is 90.4 cm³/mol. The lowest BCUT2D eigenvalue weighted by Crippen LogP contribution is -2.49. The summed E-state index contributed by atoms with van der Waals surface area (Å²) in [4.78, 5) is 3.94. The van der Waals surface area contributed by atoms with Gasteiger partial charge in [0.05, 0.1) is 25.1 Å². The zero-order valence-corrected chi connectivity index (χ0v) is 14.5. The first-order valence-corrected chi connectivity index (χ1v) is 8.24. The fourth-order valence-corrected chi connectivity index (χ4v) is 3.43. The Bertz CT molecular complexity index is 524. The molecule has 1 saturated heterocycles. The van der Waals surface area contributed by atoms with E-state index in [1.54, 1.807) is 6.07 Å². The second-order valence-electron chi connectivity index (χ2n) is 6.27. The van der Waals surface area contributed by atoms with Gasteiger partial charge >= 0.3 is 6.18 Å². The van der Waals surface area contributed by atoms with Crippen molar-refractivity contribution < 1.29 is 22.6 Å². The Balaban J connectivity index is 0.00000225. The molecule has 1 aromatic heterocycles. The van der Waals surface area contributed by atoms with E-state index in [1.807, 2.05) is 0 Å². The maximum Gasteiger partial charge on any atom is 0.422 e. The van der Waals surface area contributed by atoms with E-state index in [0.717, 1.165) is 44.7 Å². The molecule has 3 unspecified atom stereocenters. The minimum Gasteiger partial charge on any atom is -0.468 e. The second kappa shape index (κ2) is 8.91. The summed E-state index contributed by atoms with van der Waals surface area (Å²) in [5, 5.41) is 6.96. The number of nitrogens with zero attached hydrogens (tertiary/aromatic N) is 1. The van der Waals surface area contributed by atoms with Crippen molar-refractivity contribution in [3.8, 4) is 5.88 Å². The first-order chi connectivity index (χ1) is 11.5. The number of anilines is 1. The first-order valence-electron chi connectivity index (χ1n) is 8.24. The van der Waals surface area contributed by atoms with E-state index >= 15 is 0 Å². The fraction of sp³-hybridized carbons (Fsp3) is 0.688. The Hall–Kier alpha value is -1.25. The third-order valence-electron chi connectivity index (χ3n) is 4.51. The number of morpholine rings is 1. The van der Waals surface area contributed by atoms with Crippen LogP contribution in [0.15, 0.2) is 18.3 Å². The molecule has 142 valence electrons. The quantitative estimate of drug-likeness (QED) is 0.821. The van der Waals surface area contributed by atoms with Crippen LogP contribution in [0.4, 0.5) is 18.9 Å². The van der Waals surface area contributed by atoms with Crippen molar-refractivity contribution in [2.24, 2.45) is 5.92 Å². The molecule has 0 radical (unpaired) electrons. The molecule has 0 spiro atoms. The number of rotatable bonds is 5. The van der Waals surface area contributed by atoms with Gasteiger partial charge < -0.3 is 20.1 Å². The van der Waals surface area contributed by atoms with Crippen molar-refractivity contribution >= 4 is 18.1 Å². The van der Waals surface area contributed by atoms with E-state index in [9.17, 15) is 13.2 Å². The van der Waals surface area contributed by atoms with Crippen molar-refractivity contribution in [1.82, 2.24) is 10.3 Å². The Morgan fingerprint density at radius 2 is 2.16 bits per heavy atom. The molecular formula is C16H23ClF3N3O2. The van der Waals surface area contributed by atoms with Gasteiger partial charge in [0.1, 0.15) is 0 Å². The molecule has 5 nitrogen and oxygen atoms in total. The van der Waals surface area contributed by atoms with E-state index in [1.165, 1.54) is 12.3 Å². The molecule has 1 aromatic rings. The smallest absolute Gasteiger partial charge is 0.422 e. The largest absolute Gasteiger partial charge is 0.468 e. The van der Waals surface area contributed by atoms with Gasteiger partial charge in [-0.15, -0.1) is 12.4 Å². The van der Waals surface area contributed by atoms with E-state index in [2.05, 4.69) is 20.4 Å². The zero-order valence-electron chi connectivity index (χ0n) is 13.7. The molecule has 25 heavy (non-hydrogen) atoms. The van der Waals surface area contributed by atoms with Gasteiger partial charge in [0.15, 0.2) is 6.61 Å². The molecule has 1 aliphatic carbocycles. The number of hydrogen-bond acceptors (Lipinski definition) is 5.